The lowest BCUT2D eigenvalue weighted by molar-refractivity contribution is 0.0588. The molecule has 2 heterocycles. The van der Waals surface area contributed by atoms with Gasteiger partial charge in [0.25, 0.3) is 0 Å². The lowest BCUT2D eigenvalue weighted by Crippen LogP contribution is -2.07. The van der Waals surface area contributed by atoms with E-state index in [2.05, 4.69) is 14.8 Å². The zero-order chi connectivity index (χ0) is 10.8. The van der Waals surface area contributed by atoms with Crippen molar-refractivity contribution >= 4 is 17.3 Å². The van der Waals surface area contributed by atoms with Crippen LogP contribution in [-0.4, -0.2) is 27.8 Å². The van der Waals surface area contributed by atoms with E-state index in [9.17, 15) is 4.79 Å². The third-order valence-corrected chi connectivity index (χ3v) is 2.56. The van der Waals surface area contributed by atoms with E-state index in [-0.39, 0.29) is 0 Å². The second-order valence-corrected chi connectivity index (χ2v) is 3.62. The Morgan fingerprint density at radius 3 is 2.93 bits per heavy atom. The summed E-state index contributed by atoms with van der Waals surface area (Å²) >= 11 is 1.49. The molecule has 0 saturated carbocycles. The van der Waals surface area contributed by atoms with Crippen LogP contribution in [0.15, 0.2) is 17.0 Å². The molecular weight excluding hydrogens is 214 g/mol. The van der Waals surface area contributed by atoms with Crippen LogP contribution in [0, 0.1) is 0 Å². The first-order valence-corrected chi connectivity index (χ1v) is 5.17. The predicted octanol–water partition coefficient (Wildman–Crippen LogP) is 1.33. The highest BCUT2D eigenvalue weighted by Gasteiger charge is 2.14. The third kappa shape index (κ3) is 1.75. The van der Waals surface area contributed by atoms with E-state index in [1.54, 1.807) is 18.6 Å². The molecule has 78 valence electrons. The first-order chi connectivity index (χ1) is 7.22. The number of aromatic nitrogens is 3. The van der Waals surface area contributed by atoms with Gasteiger partial charge in [0.05, 0.1) is 12.6 Å². The first kappa shape index (κ1) is 9.85. The minimum Gasteiger partial charge on any atom is -0.464 e. The lowest BCUT2D eigenvalue weighted by Gasteiger charge is -1.96. The van der Waals surface area contributed by atoms with Gasteiger partial charge in [-0.25, -0.2) is 9.78 Å². The number of hydrogen-bond donors (Lipinski definition) is 0. The molecule has 6 heteroatoms. The van der Waals surface area contributed by atoms with Gasteiger partial charge in [-0.2, -0.15) is 5.10 Å². The van der Waals surface area contributed by atoms with Crippen LogP contribution in [-0.2, 0) is 11.8 Å². The summed E-state index contributed by atoms with van der Waals surface area (Å²) in [4.78, 5) is 15.4. The predicted molar refractivity (Wildman–Crippen MR) is 55.7 cm³/mol. The topological polar surface area (TPSA) is 57.0 Å². The summed E-state index contributed by atoms with van der Waals surface area (Å²) in [6.45, 7) is 0. The maximum Gasteiger partial charge on any atom is 0.356 e. The quantitative estimate of drug-likeness (QED) is 0.721. The Kier molecular flexibility index (Phi) is 2.51. The summed E-state index contributed by atoms with van der Waals surface area (Å²) in [5.74, 6) is -0.397. The van der Waals surface area contributed by atoms with Gasteiger partial charge in [0.2, 0.25) is 0 Å². The first-order valence-electron chi connectivity index (χ1n) is 4.23. The molecule has 0 atom stereocenters. The van der Waals surface area contributed by atoms with Gasteiger partial charge in [-0.1, -0.05) is 0 Å². The number of rotatable bonds is 2. The summed E-state index contributed by atoms with van der Waals surface area (Å²) in [6, 6.07) is 1.67. The highest BCUT2D eigenvalue weighted by molar-refractivity contribution is 7.07. The fourth-order valence-corrected chi connectivity index (χ4v) is 1.77. The fourth-order valence-electron chi connectivity index (χ4n) is 1.23. The molecule has 0 bridgehead atoms. The highest BCUT2D eigenvalue weighted by atomic mass is 32.1. The number of methoxy groups -OCH3 is 1. The fraction of sp³-hybridized carbons (Fsp3) is 0.222. The third-order valence-electron chi connectivity index (χ3n) is 1.97. The SMILES string of the molecule is COC(=O)c1cc(-c2cscn2)nn1C. The molecule has 0 aliphatic carbocycles. The summed E-state index contributed by atoms with van der Waals surface area (Å²) < 4.78 is 6.12. The Morgan fingerprint density at radius 2 is 2.33 bits per heavy atom. The molecule has 0 aromatic carbocycles. The minimum atomic E-state index is -0.397. The van der Waals surface area contributed by atoms with E-state index >= 15 is 0 Å². The van der Waals surface area contributed by atoms with Crippen molar-refractivity contribution in [2.75, 3.05) is 7.11 Å². The van der Waals surface area contributed by atoms with Gasteiger partial charge >= 0.3 is 5.97 Å². The van der Waals surface area contributed by atoms with Crippen LogP contribution in [0.3, 0.4) is 0 Å². The summed E-state index contributed by atoms with van der Waals surface area (Å²) in [5, 5.41) is 6.06. The number of thiazole rings is 1. The van der Waals surface area contributed by atoms with Gasteiger partial charge in [-0.05, 0) is 0 Å². The van der Waals surface area contributed by atoms with Crippen LogP contribution in [0.5, 0.6) is 0 Å². The van der Waals surface area contributed by atoms with Gasteiger partial charge in [0, 0.05) is 18.5 Å². The molecule has 2 rings (SSSR count). The maximum absolute atomic E-state index is 11.3. The zero-order valence-electron chi connectivity index (χ0n) is 8.30. The smallest absolute Gasteiger partial charge is 0.356 e. The lowest BCUT2D eigenvalue weighted by atomic mass is 10.3. The van der Waals surface area contributed by atoms with E-state index in [0.717, 1.165) is 5.69 Å². The van der Waals surface area contributed by atoms with Crippen molar-refractivity contribution in [1.82, 2.24) is 14.8 Å². The molecule has 5 nitrogen and oxygen atoms in total. The summed E-state index contributed by atoms with van der Waals surface area (Å²) in [6.07, 6.45) is 0. The Labute approximate surface area is 90.3 Å². The minimum absolute atomic E-state index is 0.397. The number of esters is 1. The number of aryl methyl sites for hydroxylation is 1. The van der Waals surface area contributed by atoms with E-state index in [1.807, 2.05) is 5.38 Å². The van der Waals surface area contributed by atoms with Crippen LogP contribution < -0.4 is 0 Å². The van der Waals surface area contributed by atoms with Crippen LogP contribution in [0.1, 0.15) is 10.5 Å². The van der Waals surface area contributed by atoms with Crippen LogP contribution in [0.2, 0.25) is 0 Å². The van der Waals surface area contributed by atoms with Crippen molar-refractivity contribution in [1.29, 1.82) is 0 Å². The van der Waals surface area contributed by atoms with Crippen LogP contribution in [0.25, 0.3) is 11.4 Å². The van der Waals surface area contributed by atoms with Crippen molar-refractivity contribution in [3.8, 4) is 11.4 Å². The largest absolute Gasteiger partial charge is 0.464 e. The van der Waals surface area contributed by atoms with E-state index < -0.39 is 5.97 Å². The van der Waals surface area contributed by atoms with Gasteiger partial charge in [0.1, 0.15) is 17.1 Å². The van der Waals surface area contributed by atoms with Gasteiger partial charge in [0.15, 0.2) is 0 Å². The normalized spacial score (nSPS) is 10.3. The number of ether oxygens (including phenoxy) is 1. The summed E-state index contributed by atoms with van der Waals surface area (Å²) in [7, 11) is 3.04. The Bertz CT molecular complexity index is 476. The number of nitrogens with zero attached hydrogens (tertiary/aromatic N) is 3. The molecular formula is C9H9N3O2S. The van der Waals surface area contributed by atoms with E-state index in [1.165, 1.54) is 23.1 Å². The molecule has 2 aromatic rings. The van der Waals surface area contributed by atoms with Crippen molar-refractivity contribution in [2.24, 2.45) is 7.05 Å². The molecule has 15 heavy (non-hydrogen) atoms. The van der Waals surface area contributed by atoms with Crippen LogP contribution >= 0.6 is 11.3 Å². The Morgan fingerprint density at radius 1 is 1.53 bits per heavy atom. The van der Waals surface area contributed by atoms with Crippen molar-refractivity contribution in [3.05, 3.63) is 22.7 Å². The molecule has 2 aromatic heterocycles. The van der Waals surface area contributed by atoms with Gasteiger partial charge < -0.3 is 4.74 Å². The molecule has 0 fully saturated rings. The van der Waals surface area contributed by atoms with Crippen molar-refractivity contribution in [2.45, 2.75) is 0 Å². The summed E-state index contributed by atoms with van der Waals surface area (Å²) in [5.41, 5.74) is 3.59. The van der Waals surface area contributed by atoms with Crippen LogP contribution in [0.4, 0.5) is 0 Å². The van der Waals surface area contributed by atoms with Crippen molar-refractivity contribution in [3.63, 3.8) is 0 Å². The maximum atomic E-state index is 11.3. The van der Waals surface area contributed by atoms with Crippen molar-refractivity contribution < 1.29 is 9.53 Å². The van der Waals surface area contributed by atoms with E-state index in [0.29, 0.717) is 11.4 Å². The second kappa shape index (κ2) is 3.82. The molecule has 0 amide bonds. The average molecular weight is 223 g/mol. The Hall–Kier alpha value is -1.69. The highest BCUT2D eigenvalue weighted by Crippen LogP contribution is 2.18. The Balaban J connectivity index is 2.41. The molecule has 0 N–H and O–H groups in total. The zero-order valence-corrected chi connectivity index (χ0v) is 9.11. The molecule has 0 aliphatic heterocycles. The number of hydrogen-bond acceptors (Lipinski definition) is 5. The molecule has 0 radical (unpaired) electrons. The molecule has 0 unspecified atom stereocenters. The monoisotopic (exact) mass is 223 g/mol. The standard InChI is InChI=1S/C9H9N3O2S/c1-12-8(9(13)14-2)3-6(11-12)7-4-15-5-10-7/h3-5H,1-2H3. The molecule has 0 spiro atoms. The van der Waals surface area contributed by atoms with Gasteiger partial charge in [-0.15, -0.1) is 11.3 Å². The van der Waals surface area contributed by atoms with E-state index in [4.69, 9.17) is 0 Å². The van der Waals surface area contributed by atoms with Gasteiger partial charge in [-0.3, -0.25) is 4.68 Å². The molecule has 0 saturated heterocycles. The number of carbonyl (C=O) groups excluding carboxylic acids is 1. The second-order valence-electron chi connectivity index (χ2n) is 2.90. The average Bonchev–Trinajstić information content (AvgIpc) is 2.84. The molecule has 0 aliphatic rings. The number of carbonyl (C=O) groups is 1.